The smallest absolute Gasteiger partial charge is 0.235 e. The van der Waals surface area contributed by atoms with E-state index >= 15 is 0 Å². The van der Waals surface area contributed by atoms with Gasteiger partial charge in [0.1, 0.15) is 5.75 Å². The van der Waals surface area contributed by atoms with Gasteiger partial charge in [0.15, 0.2) is 11.5 Å². The van der Waals surface area contributed by atoms with E-state index in [9.17, 15) is 4.79 Å². The van der Waals surface area contributed by atoms with Gasteiger partial charge in [-0.15, -0.1) is 11.8 Å². The van der Waals surface area contributed by atoms with E-state index in [1.807, 2.05) is 56.4 Å². The number of amides is 1. The summed E-state index contributed by atoms with van der Waals surface area (Å²) in [6.07, 6.45) is 0. The minimum Gasteiger partial charge on any atom is -0.497 e. The Morgan fingerprint density at radius 3 is 2.23 bits per heavy atom. The maximum Gasteiger partial charge on any atom is 0.235 e. The highest BCUT2D eigenvalue weighted by Gasteiger charge is 2.19. The zero-order chi connectivity index (χ0) is 19.1. The fourth-order valence-corrected chi connectivity index (χ4v) is 3.55. The fraction of sp³-hybridized carbons (Fsp3) is 0.350. The first-order valence-corrected chi connectivity index (χ1v) is 9.13. The van der Waals surface area contributed by atoms with Gasteiger partial charge in [0.25, 0.3) is 0 Å². The first kappa shape index (κ1) is 20.0. The molecule has 140 valence electrons. The van der Waals surface area contributed by atoms with Crippen LogP contribution in [-0.2, 0) is 11.3 Å². The topological polar surface area (TPSA) is 48.0 Å². The summed E-state index contributed by atoms with van der Waals surface area (Å²) < 4.78 is 15.7. The highest BCUT2D eigenvalue weighted by Crippen LogP contribution is 2.33. The van der Waals surface area contributed by atoms with Crippen molar-refractivity contribution in [2.24, 2.45) is 0 Å². The number of carbonyl (C=O) groups is 1. The average molecular weight is 375 g/mol. The summed E-state index contributed by atoms with van der Waals surface area (Å²) in [7, 11) is 6.66. The minimum atomic E-state index is -0.212. The van der Waals surface area contributed by atoms with Gasteiger partial charge in [-0.25, -0.2) is 0 Å². The molecule has 1 amide bonds. The van der Waals surface area contributed by atoms with Crippen molar-refractivity contribution >= 4 is 17.7 Å². The molecule has 5 nitrogen and oxygen atoms in total. The van der Waals surface area contributed by atoms with Crippen molar-refractivity contribution < 1.29 is 19.0 Å². The predicted octanol–water partition coefficient (Wildman–Crippen LogP) is 3.85. The molecule has 0 aliphatic rings. The molecule has 0 radical (unpaired) electrons. The summed E-state index contributed by atoms with van der Waals surface area (Å²) in [5.41, 5.74) is 1.06. The number of methoxy groups -OCH3 is 3. The summed E-state index contributed by atoms with van der Waals surface area (Å²) in [6, 6.07) is 13.4. The molecule has 2 aromatic rings. The second-order valence-electron chi connectivity index (χ2n) is 5.82. The third kappa shape index (κ3) is 5.08. The quantitative estimate of drug-likeness (QED) is 0.656. The van der Waals surface area contributed by atoms with Crippen LogP contribution in [0.15, 0.2) is 47.4 Å². The van der Waals surface area contributed by atoms with Crippen LogP contribution in [0, 0.1) is 0 Å². The Morgan fingerprint density at radius 1 is 1.00 bits per heavy atom. The van der Waals surface area contributed by atoms with E-state index < -0.39 is 0 Å². The molecule has 0 N–H and O–H groups in total. The van der Waals surface area contributed by atoms with Crippen molar-refractivity contribution in [1.29, 1.82) is 0 Å². The molecule has 1 atom stereocenters. The molecule has 1 unspecified atom stereocenters. The summed E-state index contributed by atoms with van der Waals surface area (Å²) in [6.45, 7) is 2.47. The largest absolute Gasteiger partial charge is 0.497 e. The molecule has 0 aliphatic heterocycles. The van der Waals surface area contributed by atoms with Crippen molar-refractivity contribution in [3.05, 3.63) is 48.0 Å². The monoisotopic (exact) mass is 375 g/mol. The minimum absolute atomic E-state index is 0.0700. The molecule has 0 bridgehead atoms. The second-order valence-corrected chi connectivity index (χ2v) is 7.23. The van der Waals surface area contributed by atoms with E-state index in [1.54, 1.807) is 26.2 Å². The Labute approximate surface area is 159 Å². The van der Waals surface area contributed by atoms with Gasteiger partial charge in [-0.2, -0.15) is 0 Å². The molecule has 0 fully saturated rings. The Bertz CT molecular complexity index is 733. The molecule has 0 aromatic heterocycles. The van der Waals surface area contributed by atoms with E-state index in [4.69, 9.17) is 14.2 Å². The van der Waals surface area contributed by atoms with Crippen LogP contribution in [0.3, 0.4) is 0 Å². The summed E-state index contributed by atoms with van der Waals surface area (Å²) in [4.78, 5) is 15.4. The Hall–Kier alpha value is -2.34. The van der Waals surface area contributed by atoms with Gasteiger partial charge in [0, 0.05) is 18.5 Å². The number of hydrogen-bond donors (Lipinski definition) is 0. The van der Waals surface area contributed by atoms with Gasteiger partial charge >= 0.3 is 0 Å². The molecule has 6 heteroatoms. The number of hydrogen-bond acceptors (Lipinski definition) is 5. The highest BCUT2D eigenvalue weighted by molar-refractivity contribution is 8.00. The van der Waals surface area contributed by atoms with Crippen LogP contribution in [0.5, 0.6) is 17.2 Å². The number of benzene rings is 2. The van der Waals surface area contributed by atoms with Crippen molar-refractivity contribution in [3.63, 3.8) is 0 Å². The molecular weight excluding hydrogens is 350 g/mol. The molecule has 0 saturated heterocycles. The van der Waals surface area contributed by atoms with Crippen LogP contribution in [-0.4, -0.2) is 44.4 Å². The summed E-state index contributed by atoms with van der Waals surface area (Å²) in [5.74, 6) is 2.21. The number of thioether (sulfide) groups is 1. The lowest BCUT2D eigenvalue weighted by Gasteiger charge is -2.21. The normalized spacial score (nSPS) is 11.6. The zero-order valence-corrected chi connectivity index (χ0v) is 16.6. The second kappa shape index (κ2) is 9.38. The fourth-order valence-electron chi connectivity index (χ4n) is 2.54. The van der Waals surface area contributed by atoms with Gasteiger partial charge < -0.3 is 19.1 Å². The van der Waals surface area contributed by atoms with Gasteiger partial charge in [-0.3, -0.25) is 4.79 Å². The molecule has 0 saturated carbocycles. The van der Waals surface area contributed by atoms with Crippen molar-refractivity contribution in [1.82, 2.24) is 4.90 Å². The average Bonchev–Trinajstić information content (AvgIpc) is 2.67. The molecule has 2 aromatic carbocycles. The molecule has 0 spiro atoms. The van der Waals surface area contributed by atoms with Gasteiger partial charge in [-0.1, -0.05) is 12.1 Å². The number of rotatable bonds is 8. The van der Waals surface area contributed by atoms with Crippen LogP contribution < -0.4 is 14.2 Å². The lowest BCUT2D eigenvalue weighted by Crippen LogP contribution is -2.32. The standard InChI is InChI=1S/C20H25NO4S/c1-14(26-17-10-11-18(24-4)19(12-17)25-5)20(22)21(2)13-15-6-8-16(23-3)9-7-15/h6-12,14H,13H2,1-5H3. The maximum atomic E-state index is 12.7. The van der Waals surface area contributed by atoms with Crippen LogP contribution in [0.2, 0.25) is 0 Å². The van der Waals surface area contributed by atoms with Gasteiger partial charge in [0.2, 0.25) is 5.91 Å². The SMILES string of the molecule is COc1ccc(CN(C)C(=O)C(C)Sc2ccc(OC)c(OC)c2)cc1. The van der Waals surface area contributed by atoms with Crippen LogP contribution in [0.1, 0.15) is 12.5 Å². The van der Waals surface area contributed by atoms with E-state index in [-0.39, 0.29) is 11.2 Å². The molecule has 0 aliphatic carbocycles. The highest BCUT2D eigenvalue weighted by atomic mass is 32.2. The zero-order valence-electron chi connectivity index (χ0n) is 15.8. The van der Waals surface area contributed by atoms with Crippen molar-refractivity contribution in [2.45, 2.75) is 23.6 Å². The molecular formula is C20H25NO4S. The third-order valence-electron chi connectivity index (χ3n) is 3.97. The van der Waals surface area contributed by atoms with Gasteiger partial charge in [-0.05, 0) is 42.8 Å². The van der Waals surface area contributed by atoms with E-state index in [2.05, 4.69) is 0 Å². The number of ether oxygens (including phenoxy) is 3. The van der Waals surface area contributed by atoms with E-state index in [0.717, 1.165) is 16.2 Å². The van der Waals surface area contributed by atoms with Crippen molar-refractivity contribution in [3.8, 4) is 17.2 Å². The summed E-state index contributed by atoms with van der Waals surface area (Å²) in [5, 5.41) is -0.212. The van der Waals surface area contributed by atoms with E-state index in [0.29, 0.717) is 18.0 Å². The van der Waals surface area contributed by atoms with Crippen LogP contribution in [0.4, 0.5) is 0 Å². The lowest BCUT2D eigenvalue weighted by atomic mass is 10.2. The Morgan fingerprint density at radius 2 is 1.65 bits per heavy atom. The van der Waals surface area contributed by atoms with Crippen LogP contribution >= 0.6 is 11.8 Å². The lowest BCUT2D eigenvalue weighted by molar-refractivity contribution is -0.129. The number of nitrogens with zero attached hydrogens (tertiary/aromatic N) is 1. The van der Waals surface area contributed by atoms with Crippen molar-refractivity contribution in [2.75, 3.05) is 28.4 Å². The number of carbonyl (C=O) groups excluding carboxylic acids is 1. The molecule has 26 heavy (non-hydrogen) atoms. The maximum absolute atomic E-state index is 12.7. The van der Waals surface area contributed by atoms with Crippen LogP contribution in [0.25, 0.3) is 0 Å². The Kier molecular flexibility index (Phi) is 7.21. The molecule has 0 heterocycles. The first-order valence-electron chi connectivity index (χ1n) is 8.25. The predicted molar refractivity (Wildman–Crippen MR) is 104 cm³/mol. The summed E-state index contributed by atoms with van der Waals surface area (Å²) >= 11 is 1.50. The molecule has 2 rings (SSSR count). The van der Waals surface area contributed by atoms with E-state index in [1.165, 1.54) is 11.8 Å². The third-order valence-corrected chi connectivity index (χ3v) is 5.05. The Balaban J connectivity index is 1.99. The van der Waals surface area contributed by atoms with Gasteiger partial charge in [0.05, 0.1) is 26.6 Å². The first-order chi connectivity index (χ1) is 12.5.